The predicted octanol–water partition coefficient (Wildman–Crippen LogP) is 7.24. The monoisotopic (exact) mass is 662 g/mol. The van der Waals surface area contributed by atoms with Crippen LogP contribution >= 0.6 is 46.0 Å². The Bertz CT molecular complexity index is 1430. The van der Waals surface area contributed by atoms with Crippen molar-refractivity contribution in [2.75, 3.05) is 13.2 Å². The van der Waals surface area contributed by atoms with Gasteiger partial charge in [0, 0.05) is 11.6 Å². The first-order valence-corrected chi connectivity index (χ1v) is 14.0. The number of benzene rings is 3. The highest BCUT2D eigenvalue weighted by Crippen LogP contribution is 2.38. The minimum absolute atomic E-state index is 0.136. The molecule has 0 unspecified atom stereocenters. The van der Waals surface area contributed by atoms with Crippen LogP contribution in [0.25, 0.3) is 6.08 Å². The molecule has 0 saturated carbocycles. The van der Waals surface area contributed by atoms with Crippen LogP contribution in [0.3, 0.4) is 0 Å². The number of hydrogen-bond acceptors (Lipinski definition) is 6. The molecule has 0 spiro atoms. The van der Waals surface area contributed by atoms with E-state index in [1.54, 1.807) is 23.1 Å². The molecule has 0 aliphatic carbocycles. The van der Waals surface area contributed by atoms with Crippen LogP contribution in [0.15, 0.2) is 70.6 Å². The van der Waals surface area contributed by atoms with E-state index in [0.29, 0.717) is 52.0 Å². The fraction of sp³-hybridized carbons (Fsp3) is 0.179. The minimum Gasteiger partial charge on any atom is -0.490 e. The molecule has 1 amide bonds. The lowest BCUT2D eigenvalue weighted by molar-refractivity contribution is -0.122. The van der Waals surface area contributed by atoms with Crippen LogP contribution in [-0.4, -0.2) is 40.2 Å². The number of carboxylic acid groups (broad SMARTS) is 1. The van der Waals surface area contributed by atoms with E-state index >= 15 is 0 Å². The Kier molecular flexibility index (Phi) is 9.35. The molecule has 1 aliphatic rings. The molecule has 4 rings (SSSR count). The van der Waals surface area contributed by atoms with Gasteiger partial charge in [-0.1, -0.05) is 29.8 Å². The largest absolute Gasteiger partial charge is 0.490 e. The zero-order valence-electron chi connectivity index (χ0n) is 20.6. The second-order valence-corrected chi connectivity index (χ2v) is 10.7. The van der Waals surface area contributed by atoms with E-state index in [1.807, 2.05) is 50.2 Å². The molecule has 1 fully saturated rings. The number of aromatic carboxylic acids is 1. The van der Waals surface area contributed by atoms with Crippen LogP contribution in [0, 0.1) is 3.57 Å². The summed E-state index contributed by atoms with van der Waals surface area (Å²) in [6.45, 7) is 5.01. The molecule has 38 heavy (non-hydrogen) atoms. The third kappa shape index (κ3) is 6.69. The van der Waals surface area contributed by atoms with E-state index < -0.39 is 5.97 Å². The van der Waals surface area contributed by atoms with E-state index in [1.165, 1.54) is 23.9 Å². The third-order valence-electron chi connectivity index (χ3n) is 5.45. The number of likely N-dealkylation sites (N-methyl/N-ethyl adjacent to an activating group) is 1. The fourth-order valence-corrected chi connectivity index (χ4v) is 5.62. The molecule has 0 bridgehead atoms. The van der Waals surface area contributed by atoms with Gasteiger partial charge in [0.15, 0.2) is 16.7 Å². The number of carbonyl (C=O) groups is 2. The van der Waals surface area contributed by atoms with Crippen molar-refractivity contribution >= 4 is 74.8 Å². The second-order valence-electron chi connectivity index (χ2n) is 8.09. The van der Waals surface area contributed by atoms with Crippen LogP contribution in [0.4, 0.5) is 5.69 Å². The van der Waals surface area contributed by atoms with Gasteiger partial charge >= 0.3 is 5.97 Å². The summed E-state index contributed by atoms with van der Waals surface area (Å²) in [5.74, 6) is 0.0187. The van der Waals surface area contributed by atoms with E-state index in [9.17, 15) is 14.7 Å². The molecule has 1 N–H and O–H groups in total. The van der Waals surface area contributed by atoms with Gasteiger partial charge in [-0.05, 0) is 108 Å². The molecule has 0 radical (unpaired) electrons. The van der Waals surface area contributed by atoms with Crippen molar-refractivity contribution in [1.29, 1.82) is 0 Å². The molecule has 3 aromatic carbocycles. The van der Waals surface area contributed by atoms with Crippen molar-refractivity contribution in [3.63, 3.8) is 0 Å². The van der Waals surface area contributed by atoms with Gasteiger partial charge in [-0.15, -0.1) is 0 Å². The summed E-state index contributed by atoms with van der Waals surface area (Å²) in [5, 5.41) is 10.4. The summed E-state index contributed by atoms with van der Waals surface area (Å²) in [6, 6.07) is 17.6. The number of ether oxygens (including phenoxy) is 2. The second kappa shape index (κ2) is 12.7. The van der Waals surface area contributed by atoms with Gasteiger partial charge < -0.3 is 14.6 Å². The summed E-state index contributed by atoms with van der Waals surface area (Å²) >= 11 is 9.43. The highest BCUT2D eigenvalue weighted by atomic mass is 127. The highest BCUT2D eigenvalue weighted by molar-refractivity contribution is 14.1. The highest BCUT2D eigenvalue weighted by Gasteiger charge is 2.32. The Labute approximate surface area is 243 Å². The standard InChI is InChI=1S/C28H24ClIN2O5S/c1-3-32-26(33)24(38-28(32)31-21-7-5-6-19(15-21)27(34)35)14-18-12-22(30)25(23(13-18)36-4-2)37-16-17-8-10-20(29)11-9-17/h5-15H,3-4,16H2,1-2H3,(H,34,35). The van der Waals surface area contributed by atoms with Gasteiger partial charge in [-0.3, -0.25) is 9.69 Å². The summed E-state index contributed by atoms with van der Waals surface area (Å²) in [5.41, 5.74) is 2.37. The minimum atomic E-state index is -1.03. The molecule has 1 aliphatic heterocycles. The molecule has 7 nitrogen and oxygen atoms in total. The lowest BCUT2D eigenvalue weighted by Crippen LogP contribution is -2.28. The summed E-state index contributed by atoms with van der Waals surface area (Å²) in [6.07, 6.45) is 1.81. The van der Waals surface area contributed by atoms with E-state index in [-0.39, 0.29) is 11.5 Å². The number of aliphatic imine (C=N–C) groups is 1. The third-order valence-corrected chi connectivity index (χ3v) is 7.51. The Morgan fingerprint density at radius 3 is 2.58 bits per heavy atom. The Balaban J connectivity index is 1.61. The number of amides is 1. The first-order chi connectivity index (χ1) is 18.3. The summed E-state index contributed by atoms with van der Waals surface area (Å²) in [7, 11) is 0. The van der Waals surface area contributed by atoms with Crippen molar-refractivity contribution in [2.24, 2.45) is 4.99 Å². The van der Waals surface area contributed by atoms with Crippen LogP contribution in [0.2, 0.25) is 5.02 Å². The number of carbonyl (C=O) groups excluding carboxylic acids is 1. The maximum atomic E-state index is 13.2. The molecule has 3 aromatic rings. The van der Waals surface area contributed by atoms with E-state index in [2.05, 4.69) is 27.6 Å². The average molecular weight is 663 g/mol. The lowest BCUT2D eigenvalue weighted by atomic mass is 10.1. The molecule has 0 aromatic heterocycles. The summed E-state index contributed by atoms with van der Waals surface area (Å²) < 4.78 is 12.8. The number of carboxylic acids is 1. The maximum Gasteiger partial charge on any atom is 0.335 e. The first-order valence-electron chi connectivity index (χ1n) is 11.8. The van der Waals surface area contributed by atoms with Crippen LogP contribution in [0.1, 0.15) is 35.3 Å². The van der Waals surface area contributed by atoms with Gasteiger partial charge in [0.1, 0.15) is 6.61 Å². The van der Waals surface area contributed by atoms with Gasteiger partial charge in [-0.25, -0.2) is 9.79 Å². The molecule has 0 atom stereocenters. The van der Waals surface area contributed by atoms with Crippen molar-refractivity contribution in [3.05, 3.63) is 90.9 Å². The van der Waals surface area contributed by atoms with E-state index in [0.717, 1.165) is 14.7 Å². The molecule has 196 valence electrons. The molecule has 10 heteroatoms. The number of rotatable bonds is 9. The normalized spacial score (nSPS) is 15.4. The fourth-order valence-electron chi connectivity index (χ4n) is 3.65. The van der Waals surface area contributed by atoms with Gasteiger partial charge in [0.25, 0.3) is 5.91 Å². The van der Waals surface area contributed by atoms with Crippen molar-refractivity contribution in [3.8, 4) is 11.5 Å². The predicted molar refractivity (Wildman–Crippen MR) is 160 cm³/mol. The smallest absolute Gasteiger partial charge is 0.335 e. The topological polar surface area (TPSA) is 88.4 Å². The van der Waals surface area contributed by atoms with Crippen LogP contribution in [-0.2, 0) is 11.4 Å². The lowest BCUT2D eigenvalue weighted by Gasteiger charge is -2.15. The Morgan fingerprint density at radius 2 is 1.89 bits per heavy atom. The average Bonchev–Trinajstić information content (AvgIpc) is 3.18. The van der Waals surface area contributed by atoms with Gasteiger partial charge in [-0.2, -0.15) is 0 Å². The van der Waals surface area contributed by atoms with Gasteiger partial charge in [0.05, 0.1) is 26.3 Å². The zero-order valence-corrected chi connectivity index (χ0v) is 24.3. The SMILES string of the molecule is CCOc1cc(C=C2SC(=Nc3cccc(C(=O)O)c3)N(CC)C2=O)cc(I)c1OCc1ccc(Cl)cc1. The molecule has 1 heterocycles. The molecule has 1 saturated heterocycles. The quantitative estimate of drug-likeness (QED) is 0.192. The van der Waals surface area contributed by atoms with E-state index in [4.69, 9.17) is 21.1 Å². The Hall–Kier alpha value is -3.02. The van der Waals surface area contributed by atoms with Crippen molar-refractivity contribution in [1.82, 2.24) is 4.90 Å². The number of hydrogen-bond donors (Lipinski definition) is 1. The van der Waals surface area contributed by atoms with Gasteiger partial charge in [0.2, 0.25) is 0 Å². The number of thioether (sulfide) groups is 1. The zero-order chi connectivity index (χ0) is 27.2. The molecular formula is C28H24ClIN2O5S. The summed E-state index contributed by atoms with van der Waals surface area (Å²) in [4.78, 5) is 31.1. The van der Waals surface area contributed by atoms with Crippen molar-refractivity contribution in [2.45, 2.75) is 20.5 Å². The van der Waals surface area contributed by atoms with Crippen molar-refractivity contribution < 1.29 is 24.2 Å². The number of nitrogens with zero attached hydrogens (tertiary/aromatic N) is 2. The maximum absolute atomic E-state index is 13.2. The number of halogens is 2. The number of amidine groups is 1. The van der Waals surface area contributed by atoms with Crippen LogP contribution in [0.5, 0.6) is 11.5 Å². The molecular weight excluding hydrogens is 639 g/mol. The first kappa shape index (κ1) is 28.0. The van der Waals surface area contributed by atoms with Crippen LogP contribution < -0.4 is 9.47 Å². The Morgan fingerprint density at radius 1 is 1.13 bits per heavy atom.